The van der Waals surface area contributed by atoms with E-state index in [-0.39, 0.29) is 46.7 Å². The maximum atomic E-state index is 12.3. The molecule has 2 atom stereocenters. The van der Waals surface area contributed by atoms with E-state index in [0.717, 1.165) is 22.3 Å². The van der Waals surface area contributed by atoms with Crippen LogP contribution in [0.4, 0.5) is 0 Å². The van der Waals surface area contributed by atoms with Gasteiger partial charge in [0.2, 0.25) is 0 Å². The fourth-order valence-corrected chi connectivity index (χ4v) is 9.08. The lowest BCUT2D eigenvalue weighted by Gasteiger charge is -2.36. The largest absolute Gasteiger partial charge is 0.469 e. The minimum atomic E-state index is -1.86. The van der Waals surface area contributed by atoms with Crippen molar-refractivity contribution < 1.29 is 27.9 Å². The third-order valence-corrected chi connectivity index (χ3v) is 22.0. The average Bonchev–Trinajstić information content (AvgIpc) is 3.24. The summed E-state index contributed by atoms with van der Waals surface area (Å²) in [6.07, 6.45) is 1.98. The maximum absolute atomic E-state index is 12.3. The highest BCUT2D eigenvalue weighted by Crippen LogP contribution is 2.41. The highest BCUT2D eigenvalue weighted by atomic mass is 28.4. The number of hydrogen-bond donors (Lipinski definition) is 0. The molecule has 4 rings (SSSR count). The Morgan fingerprint density at radius 2 is 0.758 bits per heavy atom. The first-order valence-corrected chi connectivity index (χ1v) is 28.0. The van der Waals surface area contributed by atoms with Crippen molar-refractivity contribution in [3.8, 4) is 0 Å². The summed E-state index contributed by atoms with van der Waals surface area (Å²) in [7, 11) is -0.821. The average molecular weight is 877 g/mol. The smallest absolute Gasteiger partial charge is 0.309 e. The summed E-state index contributed by atoms with van der Waals surface area (Å²) in [6.45, 7) is 28.2. The maximum Gasteiger partial charge on any atom is 0.309 e. The minimum absolute atomic E-state index is 0.149. The van der Waals surface area contributed by atoms with Crippen molar-refractivity contribution in [1.82, 2.24) is 0 Å². The Balaban J connectivity index is 0.000000330. The number of ether oxygens (including phenoxy) is 2. The molecule has 0 aliphatic heterocycles. The van der Waals surface area contributed by atoms with Crippen molar-refractivity contribution in [2.24, 2.45) is 0 Å². The molecule has 0 radical (unpaired) electrons. The summed E-state index contributed by atoms with van der Waals surface area (Å²) in [5.74, 6) is -0.126. The predicted molar refractivity (Wildman–Crippen MR) is 265 cm³/mol. The summed E-state index contributed by atoms with van der Waals surface area (Å²) >= 11 is 0. The molecule has 0 aromatic heterocycles. The van der Waals surface area contributed by atoms with Gasteiger partial charge in [-0.15, -0.1) is 0 Å². The molecule has 0 N–H and O–H groups in total. The molecular weight excluding hydrogens is 801 g/mol. The SMILES string of the molecule is COC(=O)CC(CCO[Si](C)(C)C(C)(C)C)=C(c1ccccc1)C(C)c1ccccc1.COC(=O)CC(CCO[Si](C)(C)C(C)(C)C)=C(c1ccccc1)C(C)c1ccccc1. The van der Waals surface area contributed by atoms with Gasteiger partial charge in [-0.1, -0.05) is 188 Å². The highest BCUT2D eigenvalue weighted by molar-refractivity contribution is 6.74. The first-order chi connectivity index (χ1) is 29.1. The van der Waals surface area contributed by atoms with Gasteiger partial charge in [0.25, 0.3) is 0 Å². The second-order valence-electron chi connectivity index (χ2n) is 19.3. The molecule has 336 valence electrons. The van der Waals surface area contributed by atoms with Gasteiger partial charge in [-0.2, -0.15) is 0 Å². The van der Waals surface area contributed by atoms with Crippen LogP contribution in [0.25, 0.3) is 11.1 Å². The molecule has 0 saturated carbocycles. The van der Waals surface area contributed by atoms with Crippen molar-refractivity contribution in [1.29, 1.82) is 0 Å². The quantitative estimate of drug-likeness (QED) is 0.0732. The summed E-state index contributed by atoms with van der Waals surface area (Å²) in [5, 5.41) is 0.303. The third-order valence-electron chi connectivity index (χ3n) is 12.9. The summed E-state index contributed by atoms with van der Waals surface area (Å²) in [5.41, 5.74) is 9.31. The standard InChI is InChI=1S/2C27H38O3Si/c2*1-21(22-14-10-8-11-15-22)26(23-16-12-9-13-17-23)24(20-25(28)29-5)18-19-30-31(6,7)27(2,3)4/h2*8-17,21H,18-20H2,1-7H3. The number of esters is 2. The fourth-order valence-electron chi connectivity index (χ4n) is 6.99. The molecule has 0 heterocycles. The summed E-state index contributed by atoms with van der Waals surface area (Å²) in [6, 6.07) is 41.7. The van der Waals surface area contributed by atoms with Gasteiger partial charge in [0.15, 0.2) is 16.6 Å². The Morgan fingerprint density at radius 3 is 1.02 bits per heavy atom. The Bertz CT molecular complexity index is 1880. The third kappa shape index (κ3) is 15.5. The molecule has 4 aromatic rings. The lowest BCUT2D eigenvalue weighted by atomic mass is 9.83. The number of hydrogen-bond acceptors (Lipinski definition) is 6. The molecule has 0 fully saturated rings. The lowest BCUT2D eigenvalue weighted by Crippen LogP contribution is -2.41. The van der Waals surface area contributed by atoms with E-state index < -0.39 is 16.6 Å². The van der Waals surface area contributed by atoms with Gasteiger partial charge in [0, 0.05) is 25.0 Å². The van der Waals surface area contributed by atoms with Crippen molar-refractivity contribution in [2.45, 2.75) is 129 Å². The van der Waals surface area contributed by atoms with Crippen molar-refractivity contribution in [3.63, 3.8) is 0 Å². The predicted octanol–water partition coefficient (Wildman–Crippen LogP) is 14.4. The van der Waals surface area contributed by atoms with E-state index >= 15 is 0 Å². The molecule has 0 aliphatic carbocycles. The van der Waals surface area contributed by atoms with Crippen LogP contribution in [0.15, 0.2) is 132 Å². The Kier molecular flexibility index (Phi) is 20.1. The van der Waals surface area contributed by atoms with Gasteiger partial charge in [-0.05, 0) is 82.5 Å². The van der Waals surface area contributed by atoms with E-state index in [2.05, 4.69) is 179 Å². The molecule has 6 nitrogen and oxygen atoms in total. The van der Waals surface area contributed by atoms with Crippen LogP contribution in [0.1, 0.15) is 115 Å². The first-order valence-electron chi connectivity index (χ1n) is 22.2. The second kappa shape index (κ2) is 23.9. The molecule has 62 heavy (non-hydrogen) atoms. The minimum Gasteiger partial charge on any atom is -0.469 e. The van der Waals surface area contributed by atoms with Crippen LogP contribution in [0.3, 0.4) is 0 Å². The normalized spacial score (nSPS) is 14.0. The van der Waals surface area contributed by atoms with Crippen molar-refractivity contribution >= 4 is 39.7 Å². The molecule has 0 aliphatic rings. The van der Waals surface area contributed by atoms with Crippen LogP contribution < -0.4 is 0 Å². The number of rotatable bonds is 18. The molecule has 0 bridgehead atoms. The van der Waals surface area contributed by atoms with Crippen LogP contribution >= 0.6 is 0 Å². The van der Waals surface area contributed by atoms with E-state index in [1.807, 2.05) is 24.3 Å². The van der Waals surface area contributed by atoms with Crippen LogP contribution in [-0.2, 0) is 27.9 Å². The van der Waals surface area contributed by atoms with Crippen LogP contribution in [0.2, 0.25) is 36.3 Å². The zero-order chi connectivity index (χ0) is 46.1. The summed E-state index contributed by atoms with van der Waals surface area (Å²) < 4.78 is 23.0. The number of carbonyl (C=O) groups is 2. The lowest BCUT2D eigenvalue weighted by molar-refractivity contribution is -0.140. The number of allylic oxidation sites excluding steroid dienone is 2. The van der Waals surface area contributed by atoms with Gasteiger partial charge >= 0.3 is 11.9 Å². The van der Waals surface area contributed by atoms with E-state index in [1.165, 1.54) is 36.5 Å². The van der Waals surface area contributed by atoms with Gasteiger partial charge in [-0.25, -0.2) is 0 Å². The van der Waals surface area contributed by atoms with E-state index in [9.17, 15) is 9.59 Å². The molecular formula is C54H76O6Si2. The first kappa shape index (κ1) is 52.0. The van der Waals surface area contributed by atoms with Gasteiger partial charge in [0.05, 0.1) is 27.1 Å². The van der Waals surface area contributed by atoms with E-state index in [0.29, 0.717) is 26.1 Å². The molecule has 2 unspecified atom stereocenters. The topological polar surface area (TPSA) is 71.1 Å². The summed E-state index contributed by atoms with van der Waals surface area (Å²) in [4.78, 5) is 24.7. The highest BCUT2D eigenvalue weighted by Gasteiger charge is 2.38. The van der Waals surface area contributed by atoms with Gasteiger partial charge in [-0.3, -0.25) is 9.59 Å². The second-order valence-corrected chi connectivity index (χ2v) is 28.9. The number of carbonyl (C=O) groups excluding carboxylic acids is 2. The monoisotopic (exact) mass is 877 g/mol. The Hall–Kier alpha value is -4.35. The van der Waals surface area contributed by atoms with Gasteiger partial charge in [0.1, 0.15) is 0 Å². The molecule has 8 heteroatoms. The van der Waals surface area contributed by atoms with Crippen LogP contribution in [-0.4, -0.2) is 56.0 Å². The van der Waals surface area contributed by atoms with E-state index in [4.69, 9.17) is 18.3 Å². The van der Waals surface area contributed by atoms with Crippen molar-refractivity contribution in [2.75, 3.05) is 27.4 Å². The van der Waals surface area contributed by atoms with E-state index in [1.54, 1.807) is 0 Å². The van der Waals surface area contributed by atoms with Crippen molar-refractivity contribution in [3.05, 3.63) is 155 Å². The van der Waals surface area contributed by atoms with Crippen LogP contribution in [0.5, 0.6) is 0 Å². The number of methoxy groups -OCH3 is 2. The van der Waals surface area contributed by atoms with Crippen LogP contribution in [0, 0.1) is 0 Å². The Morgan fingerprint density at radius 1 is 0.484 bits per heavy atom. The zero-order valence-electron chi connectivity index (χ0n) is 40.4. The Labute approximate surface area is 377 Å². The zero-order valence-corrected chi connectivity index (χ0v) is 42.4. The number of benzene rings is 4. The molecule has 0 amide bonds. The molecule has 4 aromatic carbocycles. The molecule has 0 spiro atoms. The fraction of sp³-hybridized carbons (Fsp3) is 0.444. The van der Waals surface area contributed by atoms with Gasteiger partial charge < -0.3 is 18.3 Å². The molecule has 0 saturated heterocycles.